The molecule has 0 spiro atoms. The Labute approximate surface area is 158 Å². The number of nitrogens with one attached hydrogen (secondary N) is 1. The molecular formula is C19H20N2O5S. The summed E-state index contributed by atoms with van der Waals surface area (Å²) in [5.41, 5.74) is 1.43. The van der Waals surface area contributed by atoms with Crippen LogP contribution < -0.4 is 9.62 Å². The van der Waals surface area contributed by atoms with E-state index in [0.717, 1.165) is 5.56 Å². The second kappa shape index (κ2) is 7.50. The van der Waals surface area contributed by atoms with Gasteiger partial charge in [-0.25, -0.2) is 13.2 Å². The van der Waals surface area contributed by atoms with Crippen LogP contribution in [0.25, 0.3) is 0 Å². The van der Waals surface area contributed by atoms with E-state index in [0.29, 0.717) is 5.69 Å². The van der Waals surface area contributed by atoms with Gasteiger partial charge in [0.1, 0.15) is 12.1 Å². The summed E-state index contributed by atoms with van der Waals surface area (Å²) in [6.07, 6.45) is -0.00844. The number of sulfonamides is 1. The number of rotatable bonds is 5. The lowest BCUT2D eigenvalue weighted by atomic mass is 10.2. The highest BCUT2D eigenvalue weighted by Crippen LogP contribution is 2.28. The summed E-state index contributed by atoms with van der Waals surface area (Å²) < 4.78 is 32.5. The van der Waals surface area contributed by atoms with Crippen molar-refractivity contribution in [3.63, 3.8) is 0 Å². The maximum atomic E-state index is 12.9. The standard InChI is InChI=1S/C19H20N2O5S/c1-13-8-10-15(11-9-13)27(24,25)20-16-12-17(19(23)26-2)21(18(16)22)14-6-4-3-5-7-14/h3-11,16-17,20H,12H2,1-2H3/t16-,17-/m0/s1. The van der Waals surface area contributed by atoms with Crippen molar-refractivity contribution >= 4 is 27.6 Å². The molecule has 1 fully saturated rings. The normalized spacial score (nSPS) is 19.9. The van der Waals surface area contributed by atoms with Crippen molar-refractivity contribution in [3.05, 3.63) is 60.2 Å². The average molecular weight is 388 g/mol. The van der Waals surface area contributed by atoms with Gasteiger partial charge in [-0.3, -0.25) is 9.69 Å². The summed E-state index contributed by atoms with van der Waals surface area (Å²) in [5.74, 6) is -1.09. The van der Waals surface area contributed by atoms with Crippen LogP contribution >= 0.6 is 0 Å². The van der Waals surface area contributed by atoms with Crippen molar-refractivity contribution in [3.8, 4) is 0 Å². The van der Waals surface area contributed by atoms with E-state index in [9.17, 15) is 18.0 Å². The van der Waals surface area contributed by atoms with Crippen LogP contribution in [0, 0.1) is 6.92 Å². The molecule has 2 aromatic rings. The molecule has 1 aliphatic heterocycles. The number of methoxy groups -OCH3 is 1. The Balaban J connectivity index is 1.89. The minimum Gasteiger partial charge on any atom is -0.467 e. The predicted octanol–water partition coefficient (Wildman–Crippen LogP) is 1.62. The number of benzene rings is 2. The van der Waals surface area contributed by atoms with Gasteiger partial charge in [0, 0.05) is 12.1 Å². The fourth-order valence-corrected chi connectivity index (χ4v) is 4.26. The van der Waals surface area contributed by atoms with E-state index in [1.165, 1.54) is 24.1 Å². The van der Waals surface area contributed by atoms with E-state index in [-0.39, 0.29) is 11.3 Å². The number of hydrogen-bond acceptors (Lipinski definition) is 5. The SMILES string of the molecule is COC(=O)[C@@H]1C[C@H](NS(=O)(=O)c2ccc(C)cc2)C(=O)N1c1ccccc1. The van der Waals surface area contributed by atoms with Gasteiger partial charge in [-0.05, 0) is 31.2 Å². The fourth-order valence-electron chi connectivity index (χ4n) is 3.06. The highest BCUT2D eigenvalue weighted by molar-refractivity contribution is 7.89. The summed E-state index contributed by atoms with van der Waals surface area (Å²) in [7, 11) is -2.67. The molecule has 1 heterocycles. The Hall–Kier alpha value is -2.71. The largest absolute Gasteiger partial charge is 0.467 e. The lowest BCUT2D eigenvalue weighted by Crippen LogP contribution is -2.43. The van der Waals surface area contributed by atoms with Gasteiger partial charge in [0.15, 0.2) is 0 Å². The van der Waals surface area contributed by atoms with Crippen molar-refractivity contribution in [1.29, 1.82) is 0 Å². The Bertz CT molecular complexity index is 942. The second-order valence-corrected chi connectivity index (χ2v) is 8.02. The number of nitrogens with zero attached hydrogens (tertiary/aromatic N) is 1. The monoisotopic (exact) mass is 388 g/mol. The molecule has 0 radical (unpaired) electrons. The molecule has 142 valence electrons. The molecule has 1 saturated heterocycles. The topological polar surface area (TPSA) is 92.8 Å². The Morgan fingerprint density at radius 2 is 1.74 bits per heavy atom. The molecule has 2 aromatic carbocycles. The van der Waals surface area contributed by atoms with Gasteiger partial charge < -0.3 is 4.74 Å². The second-order valence-electron chi connectivity index (χ2n) is 6.31. The third kappa shape index (κ3) is 3.86. The minimum absolute atomic E-state index is 0.00844. The molecule has 1 amide bonds. The van der Waals surface area contributed by atoms with Crippen molar-refractivity contribution in [2.75, 3.05) is 12.0 Å². The number of carbonyl (C=O) groups excluding carboxylic acids is 2. The number of ether oxygens (including phenoxy) is 1. The zero-order chi connectivity index (χ0) is 19.6. The van der Waals surface area contributed by atoms with E-state index in [1.54, 1.807) is 42.5 Å². The molecule has 8 heteroatoms. The molecule has 0 bridgehead atoms. The van der Waals surface area contributed by atoms with Crippen molar-refractivity contribution in [2.24, 2.45) is 0 Å². The van der Waals surface area contributed by atoms with Gasteiger partial charge in [-0.15, -0.1) is 0 Å². The maximum absolute atomic E-state index is 12.9. The zero-order valence-corrected chi connectivity index (χ0v) is 15.8. The smallest absolute Gasteiger partial charge is 0.329 e. The van der Waals surface area contributed by atoms with Gasteiger partial charge in [0.25, 0.3) is 0 Å². The van der Waals surface area contributed by atoms with Gasteiger partial charge in [0.2, 0.25) is 15.9 Å². The molecule has 2 atom stereocenters. The first kappa shape index (κ1) is 19.1. The molecule has 1 aliphatic rings. The molecule has 1 N–H and O–H groups in total. The van der Waals surface area contributed by atoms with Crippen LogP contribution in [-0.4, -0.2) is 39.5 Å². The molecule has 0 aromatic heterocycles. The van der Waals surface area contributed by atoms with E-state index in [1.807, 2.05) is 6.92 Å². The van der Waals surface area contributed by atoms with Crippen LogP contribution in [0.3, 0.4) is 0 Å². The summed E-state index contributed by atoms with van der Waals surface area (Å²) in [6, 6.07) is 13.0. The summed E-state index contributed by atoms with van der Waals surface area (Å²) >= 11 is 0. The lowest BCUT2D eigenvalue weighted by Gasteiger charge is -2.22. The van der Waals surface area contributed by atoms with Crippen molar-refractivity contribution in [1.82, 2.24) is 4.72 Å². The van der Waals surface area contributed by atoms with Crippen LogP contribution in [0.4, 0.5) is 5.69 Å². The Morgan fingerprint density at radius 3 is 2.33 bits per heavy atom. The molecule has 3 rings (SSSR count). The summed E-state index contributed by atoms with van der Waals surface area (Å²) in [5, 5.41) is 0. The van der Waals surface area contributed by atoms with Crippen LogP contribution in [0.5, 0.6) is 0 Å². The van der Waals surface area contributed by atoms with Gasteiger partial charge in [-0.1, -0.05) is 35.9 Å². The van der Waals surface area contributed by atoms with Crippen molar-refractivity contribution in [2.45, 2.75) is 30.3 Å². The number of aryl methyl sites for hydroxylation is 1. The number of anilines is 1. The first-order valence-electron chi connectivity index (χ1n) is 8.38. The number of amides is 1. The van der Waals surface area contributed by atoms with E-state index in [4.69, 9.17) is 4.74 Å². The molecule has 0 unspecified atom stereocenters. The first-order chi connectivity index (χ1) is 12.8. The molecule has 0 aliphatic carbocycles. The average Bonchev–Trinajstić information content (AvgIpc) is 2.98. The summed E-state index contributed by atoms with van der Waals surface area (Å²) in [4.78, 5) is 26.4. The third-order valence-corrected chi connectivity index (χ3v) is 5.93. The fraction of sp³-hybridized carbons (Fsp3) is 0.263. The van der Waals surface area contributed by atoms with Crippen LogP contribution in [0.1, 0.15) is 12.0 Å². The Kier molecular flexibility index (Phi) is 5.29. The molecule has 27 heavy (non-hydrogen) atoms. The lowest BCUT2D eigenvalue weighted by molar-refractivity contribution is -0.142. The number of hydrogen-bond donors (Lipinski definition) is 1. The van der Waals surface area contributed by atoms with Crippen molar-refractivity contribution < 1.29 is 22.7 Å². The quantitative estimate of drug-likeness (QED) is 0.786. The highest BCUT2D eigenvalue weighted by Gasteiger charge is 2.46. The van der Waals surface area contributed by atoms with Crippen LogP contribution in [-0.2, 0) is 24.3 Å². The molecule has 7 nitrogen and oxygen atoms in total. The predicted molar refractivity (Wildman–Crippen MR) is 99.6 cm³/mol. The first-order valence-corrected chi connectivity index (χ1v) is 9.87. The number of esters is 1. The molecule has 0 saturated carbocycles. The van der Waals surface area contributed by atoms with E-state index in [2.05, 4.69) is 4.72 Å². The van der Waals surface area contributed by atoms with E-state index < -0.39 is 34.0 Å². The minimum atomic E-state index is -3.90. The van der Waals surface area contributed by atoms with Crippen LogP contribution in [0.15, 0.2) is 59.5 Å². The maximum Gasteiger partial charge on any atom is 0.329 e. The number of para-hydroxylation sites is 1. The Morgan fingerprint density at radius 1 is 1.11 bits per heavy atom. The number of carbonyl (C=O) groups is 2. The molecular weight excluding hydrogens is 368 g/mol. The van der Waals surface area contributed by atoms with Gasteiger partial charge >= 0.3 is 5.97 Å². The van der Waals surface area contributed by atoms with Gasteiger partial charge in [0.05, 0.1) is 12.0 Å². The summed E-state index contributed by atoms with van der Waals surface area (Å²) in [6.45, 7) is 1.85. The zero-order valence-electron chi connectivity index (χ0n) is 15.0. The van der Waals surface area contributed by atoms with Crippen LogP contribution in [0.2, 0.25) is 0 Å². The highest BCUT2D eigenvalue weighted by atomic mass is 32.2. The third-order valence-electron chi connectivity index (χ3n) is 4.44. The van der Waals surface area contributed by atoms with Gasteiger partial charge in [-0.2, -0.15) is 4.72 Å². The van der Waals surface area contributed by atoms with E-state index >= 15 is 0 Å².